The second kappa shape index (κ2) is 12.0. The van der Waals surface area contributed by atoms with Crippen LogP contribution in [-0.4, -0.2) is 81.7 Å². The third-order valence-electron chi connectivity index (χ3n) is 10.7. The third kappa shape index (κ3) is 5.04. The number of aliphatic carboxylic acids is 1. The maximum atomic E-state index is 14.0. The van der Waals surface area contributed by atoms with Gasteiger partial charge in [0.2, 0.25) is 11.8 Å². The number of piperidine rings is 1. The predicted octanol–water partition coefficient (Wildman–Crippen LogP) is 3.81. The lowest BCUT2D eigenvalue weighted by Gasteiger charge is -2.43. The number of nitrogens with one attached hydrogen (secondary N) is 1. The van der Waals surface area contributed by atoms with E-state index in [1.165, 1.54) is 11.3 Å². The Morgan fingerprint density at radius 1 is 1.04 bits per heavy atom. The number of aromatic nitrogens is 1. The number of H-pyrrole nitrogens is 1. The van der Waals surface area contributed by atoms with E-state index in [1.54, 1.807) is 24.9 Å². The molecule has 5 aliphatic rings. The first-order chi connectivity index (χ1) is 22.1. The summed E-state index contributed by atoms with van der Waals surface area (Å²) in [6, 6.07) is 4.46. The Kier molecular flexibility index (Phi) is 8.19. The number of amides is 3. The highest BCUT2D eigenvalue weighted by molar-refractivity contribution is 8.00. The number of hydrogen-bond donors (Lipinski definition) is 2. The van der Waals surface area contributed by atoms with Crippen molar-refractivity contribution in [1.29, 1.82) is 0 Å². The monoisotopic (exact) mass is 669 g/mol. The summed E-state index contributed by atoms with van der Waals surface area (Å²) in [7, 11) is 1.55. The van der Waals surface area contributed by atoms with E-state index in [0.29, 0.717) is 17.9 Å². The molecule has 2 saturated carbocycles. The standard InChI is InChI=1S/C33H39N3O8S2/c1-15(2)11-19(32(40)41)36-30(38)25-17-13-18(26(25)31(36)39)27-24(17)23(28-29(45-27)34-33(42)46-28)16-7-8-20(21(12-16)43-3)44-14-22(37)35-9-5-4-6-10-35/h7-8,12,15,17-19,23-27H,4-6,9-11,13-14H2,1-3H3,(H,34,42)(H,40,41)/t17?,18?,19?,23-,24?,25?,26?,27?/m1/s1. The number of carbonyl (C=O) groups excluding carboxylic acids is 3. The molecule has 246 valence electrons. The van der Waals surface area contributed by atoms with Crippen molar-refractivity contribution in [2.45, 2.75) is 68.2 Å². The smallest absolute Gasteiger partial charge is 0.326 e. The number of carboxylic acid groups (broad SMARTS) is 1. The second-order valence-corrected chi connectivity index (χ2v) is 15.8. The largest absolute Gasteiger partial charge is 0.493 e. The van der Waals surface area contributed by atoms with Gasteiger partial charge in [0.15, 0.2) is 18.1 Å². The topological polar surface area (TPSA) is 146 Å². The van der Waals surface area contributed by atoms with Crippen molar-refractivity contribution in [3.63, 3.8) is 0 Å². The van der Waals surface area contributed by atoms with Gasteiger partial charge in [-0.2, -0.15) is 0 Å². The fraction of sp³-hybridized carbons (Fsp3) is 0.606. The fourth-order valence-corrected chi connectivity index (χ4v) is 11.7. The van der Waals surface area contributed by atoms with Crippen LogP contribution in [0.5, 0.6) is 11.5 Å². The predicted molar refractivity (Wildman–Crippen MR) is 170 cm³/mol. The Hall–Kier alpha value is -3.32. The highest BCUT2D eigenvalue weighted by atomic mass is 32.2. The number of ether oxygens (including phenoxy) is 2. The molecule has 2 aliphatic carbocycles. The number of likely N-dealkylation sites (tertiary alicyclic amines) is 2. The van der Waals surface area contributed by atoms with Crippen molar-refractivity contribution in [1.82, 2.24) is 14.8 Å². The van der Waals surface area contributed by atoms with Gasteiger partial charge in [-0.3, -0.25) is 24.1 Å². The molecule has 3 aliphatic heterocycles. The SMILES string of the molecule is COc1cc([C@H]2c3sc(=O)[nH]c3SC3C4CC(C5C(=O)N(C(CC(C)C)C(=O)O)C(=O)C45)C32)ccc1OCC(=O)N1CCCCC1. The van der Waals surface area contributed by atoms with Crippen molar-refractivity contribution in [2.75, 3.05) is 26.8 Å². The zero-order valence-corrected chi connectivity index (χ0v) is 27.7. The molecule has 8 atom stereocenters. The van der Waals surface area contributed by atoms with Crippen LogP contribution in [0.4, 0.5) is 0 Å². The number of aromatic amines is 1. The Bertz CT molecular complexity index is 1630. The van der Waals surface area contributed by atoms with Crippen LogP contribution in [0.3, 0.4) is 0 Å². The number of thioether (sulfide) groups is 1. The minimum absolute atomic E-state index is 0.000917. The van der Waals surface area contributed by atoms with E-state index in [9.17, 15) is 29.1 Å². The molecule has 2 N–H and O–H groups in total. The van der Waals surface area contributed by atoms with E-state index >= 15 is 0 Å². The van der Waals surface area contributed by atoms with Crippen molar-refractivity contribution < 1.29 is 33.8 Å². The van der Waals surface area contributed by atoms with Gasteiger partial charge >= 0.3 is 10.8 Å². The summed E-state index contributed by atoms with van der Waals surface area (Å²) in [4.78, 5) is 72.1. The number of imide groups is 1. The van der Waals surface area contributed by atoms with Crippen LogP contribution in [0, 0.1) is 35.5 Å². The fourth-order valence-electron chi connectivity index (χ4n) is 8.85. The molecule has 7 rings (SSSR count). The number of rotatable bonds is 9. The van der Waals surface area contributed by atoms with Crippen LogP contribution < -0.4 is 14.3 Å². The van der Waals surface area contributed by atoms with Gasteiger partial charge < -0.3 is 24.5 Å². The number of thiazole rings is 1. The van der Waals surface area contributed by atoms with Gasteiger partial charge in [-0.15, -0.1) is 11.8 Å². The molecular formula is C33H39N3O8S2. The van der Waals surface area contributed by atoms with Crippen LogP contribution in [-0.2, 0) is 19.2 Å². The van der Waals surface area contributed by atoms with E-state index < -0.39 is 23.8 Å². The summed E-state index contributed by atoms with van der Waals surface area (Å²) in [6.07, 6.45) is 4.04. The Morgan fingerprint density at radius 2 is 1.76 bits per heavy atom. The molecule has 4 fully saturated rings. The Labute approximate surface area is 275 Å². The van der Waals surface area contributed by atoms with Gasteiger partial charge in [-0.25, -0.2) is 4.79 Å². The summed E-state index contributed by atoms with van der Waals surface area (Å²) in [5, 5.41) is 10.8. The van der Waals surface area contributed by atoms with E-state index in [0.717, 1.165) is 52.7 Å². The van der Waals surface area contributed by atoms with Crippen LogP contribution in [0.2, 0.25) is 0 Å². The second-order valence-electron chi connectivity index (χ2n) is 13.6. The first kappa shape index (κ1) is 31.3. The van der Waals surface area contributed by atoms with Crippen LogP contribution >= 0.6 is 23.1 Å². The lowest BCUT2D eigenvalue weighted by molar-refractivity contribution is -0.156. The summed E-state index contributed by atoms with van der Waals surface area (Å²) in [5.41, 5.74) is 0.902. The van der Waals surface area contributed by atoms with E-state index in [2.05, 4.69) is 4.98 Å². The zero-order chi connectivity index (χ0) is 32.4. The lowest BCUT2D eigenvalue weighted by Crippen LogP contribution is -2.47. The Morgan fingerprint density at radius 3 is 2.43 bits per heavy atom. The molecule has 1 aromatic heterocycles. The number of hydrogen-bond acceptors (Lipinski definition) is 9. The van der Waals surface area contributed by atoms with Crippen LogP contribution in [0.1, 0.15) is 62.3 Å². The van der Waals surface area contributed by atoms with Crippen LogP contribution in [0.25, 0.3) is 0 Å². The minimum Gasteiger partial charge on any atom is -0.493 e. The number of nitrogens with zero attached hydrogens (tertiary/aromatic N) is 2. The first-order valence-corrected chi connectivity index (χ1v) is 17.9. The van der Waals surface area contributed by atoms with Gasteiger partial charge in [0, 0.05) is 29.1 Å². The quantitative estimate of drug-likeness (QED) is 0.381. The summed E-state index contributed by atoms with van der Waals surface area (Å²) in [5.74, 6) is -2.66. The van der Waals surface area contributed by atoms with E-state index in [4.69, 9.17) is 9.47 Å². The van der Waals surface area contributed by atoms with Gasteiger partial charge in [0.25, 0.3) is 5.91 Å². The summed E-state index contributed by atoms with van der Waals surface area (Å²) < 4.78 is 11.7. The maximum absolute atomic E-state index is 14.0. The van der Waals surface area contributed by atoms with Gasteiger partial charge in [-0.1, -0.05) is 31.3 Å². The van der Waals surface area contributed by atoms with E-state index in [1.807, 2.05) is 30.9 Å². The molecule has 1 aromatic carbocycles. The molecule has 0 spiro atoms. The molecule has 2 saturated heterocycles. The molecule has 2 aromatic rings. The molecule has 2 bridgehead atoms. The molecule has 7 unspecified atom stereocenters. The van der Waals surface area contributed by atoms with Crippen LogP contribution in [0.15, 0.2) is 28.0 Å². The van der Waals surface area contributed by atoms with Crippen molar-refractivity contribution in [2.24, 2.45) is 35.5 Å². The van der Waals surface area contributed by atoms with Gasteiger partial charge in [0.05, 0.1) is 24.0 Å². The molecular weight excluding hydrogens is 631 g/mol. The van der Waals surface area contributed by atoms with Crippen molar-refractivity contribution in [3.05, 3.63) is 38.3 Å². The molecule has 46 heavy (non-hydrogen) atoms. The number of benzene rings is 1. The molecule has 11 nitrogen and oxygen atoms in total. The molecule has 0 radical (unpaired) electrons. The van der Waals surface area contributed by atoms with Gasteiger partial charge in [-0.05, 0) is 73.5 Å². The van der Waals surface area contributed by atoms with E-state index in [-0.39, 0.29) is 70.5 Å². The van der Waals surface area contributed by atoms with Gasteiger partial charge in [0.1, 0.15) is 6.04 Å². The normalized spacial score (nSPS) is 30.3. The molecule has 13 heteroatoms. The molecule has 3 amide bonds. The average molecular weight is 670 g/mol. The average Bonchev–Trinajstić information content (AvgIpc) is 3.77. The lowest BCUT2D eigenvalue weighted by atomic mass is 9.68. The molecule has 4 heterocycles. The number of methoxy groups -OCH3 is 1. The maximum Gasteiger partial charge on any atom is 0.326 e. The Balaban J connectivity index is 1.20. The zero-order valence-electron chi connectivity index (χ0n) is 26.1. The third-order valence-corrected chi connectivity index (χ3v) is 13.2. The first-order valence-electron chi connectivity index (χ1n) is 16.2. The number of carboxylic acids is 1. The number of fused-ring (bicyclic) bond motifs is 9. The summed E-state index contributed by atoms with van der Waals surface area (Å²) >= 11 is 2.75. The highest BCUT2D eigenvalue weighted by Gasteiger charge is 2.70. The van der Waals surface area contributed by atoms with Crippen molar-refractivity contribution >= 4 is 46.8 Å². The number of carbonyl (C=O) groups is 4. The summed E-state index contributed by atoms with van der Waals surface area (Å²) in [6.45, 7) is 5.17. The highest BCUT2D eigenvalue weighted by Crippen LogP contribution is 2.68. The minimum atomic E-state index is -1.17. The van der Waals surface area contributed by atoms with Crippen molar-refractivity contribution in [3.8, 4) is 11.5 Å².